The molecule has 174 valence electrons. The van der Waals surface area contributed by atoms with Crippen LogP contribution in [0.5, 0.6) is 11.5 Å². The third-order valence-corrected chi connectivity index (χ3v) is 6.34. The second-order valence-corrected chi connectivity index (χ2v) is 8.89. The number of nitrogens with zero attached hydrogens (tertiary/aromatic N) is 3. The third-order valence-electron chi connectivity index (χ3n) is 6.34. The van der Waals surface area contributed by atoms with Crippen molar-refractivity contribution >= 4 is 22.6 Å². The fourth-order valence-corrected chi connectivity index (χ4v) is 4.80. The van der Waals surface area contributed by atoms with Gasteiger partial charge in [0.15, 0.2) is 0 Å². The quantitative estimate of drug-likeness (QED) is 0.381. The van der Waals surface area contributed by atoms with Crippen LogP contribution in [0.1, 0.15) is 29.3 Å². The molecule has 1 aliphatic heterocycles. The number of para-hydroxylation sites is 2. The number of ether oxygens (including phenoxy) is 2. The van der Waals surface area contributed by atoms with E-state index < -0.39 is 0 Å². The van der Waals surface area contributed by atoms with Crippen LogP contribution in [-0.4, -0.2) is 35.7 Å². The summed E-state index contributed by atoms with van der Waals surface area (Å²) in [6.45, 7) is 5.95. The summed E-state index contributed by atoms with van der Waals surface area (Å²) >= 11 is 0. The molecule has 2 heterocycles. The lowest BCUT2D eigenvalue weighted by Gasteiger charge is -2.18. The van der Waals surface area contributed by atoms with Gasteiger partial charge >= 0.3 is 0 Å². The highest BCUT2D eigenvalue weighted by Gasteiger charge is 2.34. The van der Waals surface area contributed by atoms with Crippen molar-refractivity contribution in [2.24, 2.45) is 0 Å². The molecule has 1 fully saturated rings. The number of hydrogen-bond acceptors (Lipinski definition) is 4. The number of imidazole rings is 1. The fraction of sp³-hybridized carbons (Fsp3) is 0.286. The van der Waals surface area contributed by atoms with Crippen molar-refractivity contribution < 1.29 is 14.3 Å². The normalized spacial score (nSPS) is 15.8. The van der Waals surface area contributed by atoms with Crippen molar-refractivity contribution in [2.45, 2.75) is 32.7 Å². The smallest absolute Gasteiger partial charge is 0.227 e. The first-order valence-corrected chi connectivity index (χ1v) is 11.6. The van der Waals surface area contributed by atoms with Crippen molar-refractivity contribution in [1.29, 1.82) is 0 Å². The summed E-state index contributed by atoms with van der Waals surface area (Å²) < 4.78 is 13.6. The Bertz CT molecular complexity index is 1310. The second-order valence-electron chi connectivity index (χ2n) is 8.89. The molecule has 1 amide bonds. The number of aromatic nitrogens is 2. The standard InChI is InChI=1S/C28H29N3O3/c1-19-14-20(2)16-24(15-19)34-13-12-30-26-7-5-4-6-25(26)29-28(30)21-17-27(32)31(18-21)22-8-10-23(33-3)11-9-22/h4-11,14-16,21H,12-13,17-18H2,1-3H3/t21-/m1/s1. The number of benzene rings is 3. The average Bonchev–Trinajstić information content (AvgIpc) is 3.39. The molecule has 0 aliphatic carbocycles. The van der Waals surface area contributed by atoms with E-state index in [0.717, 1.165) is 34.0 Å². The van der Waals surface area contributed by atoms with Gasteiger partial charge in [-0.3, -0.25) is 4.79 Å². The maximum atomic E-state index is 12.9. The molecule has 0 radical (unpaired) electrons. The number of anilines is 1. The van der Waals surface area contributed by atoms with Gasteiger partial charge in [-0.05, 0) is 73.5 Å². The van der Waals surface area contributed by atoms with Crippen molar-refractivity contribution in [2.75, 3.05) is 25.2 Å². The molecule has 5 rings (SSSR count). The number of aryl methyl sites for hydroxylation is 2. The number of amides is 1. The lowest BCUT2D eigenvalue weighted by Crippen LogP contribution is -2.24. The average molecular weight is 456 g/mol. The topological polar surface area (TPSA) is 56.6 Å². The Balaban J connectivity index is 1.38. The van der Waals surface area contributed by atoms with Crippen LogP contribution < -0.4 is 14.4 Å². The van der Waals surface area contributed by atoms with Gasteiger partial charge in [0.25, 0.3) is 0 Å². The number of carbonyl (C=O) groups is 1. The Labute approximate surface area is 199 Å². The van der Waals surface area contributed by atoms with Crippen molar-refractivity contribution in [3.8, 4) is 11.5 Å². The molecule has 1 aliphatic rings. The van der Waals surface area contributed by atoms with Gasteiger partial charge in [-0.25, -0.2) is 4.98 Å². The van der Waals surface area contributed by atoms with E-state index in [0.29, 0.717) is 26.1 Å². The molecule has 0 N–H and O–H groups in total. The molecule has 1 saturated heterocycles. The van der Waals surface area contributed by atoms with Gasteiger partial charge in [-0.2, -0.15) is 0 Å². The van der Waals surface area contributed by atoms with Gasteiger partial charge in [0, 0.05) is 24.6 Å². The molecule has 0 spiro atoms. The van der Waals surface area contributed by atoms with Crippen LogP contribution in [0.25, 0.3) is 11.0 Å². The van der Waals surface area contributed by atoms with Gasteiger partial charge in [-0.15, -0.1) is 0 Å². The monoisotopic (exact) mass is 455 g/mol. The molecule has 1 atom stereocenters. The minimum absolute atomic E-state index is 0.0169. The number of fused-ring (bicyclic) bond motifs is 1. The largest absolute Gasteiger partial charge is 0.497 e. The minimum atomic E-state index is 0.0169. The number of methoxy groups -OCH3 is 1. The maximum absolute atomic E-state index is 12.9. The van der Waals surface area contributed by atoms with Crippen molar-refractivity contribution in [3.05, 3.63) is 83.7 Å². The second kappa shape index (κ2) is 9.21. The van der Waals surface area contributed by atoms with E-state index >= 15 is 0 Å². The highest BCUT2D eigenvalue weighted by Crippen LogP contribution is 2.34. The van der Waals surface area contributed by atoms with Gasteiger partial charge in [-0.1, -0.05) is 18.2 Å². The number of rotatable bonds is 7. The van der Waals surface area contributed by atoms with Gasteiger partial charge in [0.2, 0.25) is 5.91 Å². The number of hydrogen-bond donors (Lipinski definition) is 0. The van der Waals surface area contributed by atoms with E-state index in [9.17, 15) is 4.79 Å². The molecule has 1 aromatic heterocycles. The van der Waals surface area contributed by atoms with E-state index in [2.05, 4.69) is 42.7 Å². The van der Waals surface area contributed by atoms with Crippen LogP contribution in [0.2, 0.25) is 0 Å². The zero-order chi connectivity index (χ0) is 23.7. The fourth-order valence-electron chi connectivity index (χ4n) is 4.80. The SMILES string of the molecule is COc1ccc(N2C[C@H](c3nc4ccccc4n3CCOc3cc(C)cc(C)c3)CC2=O)cc1. The summed E-state index contributed by atoms with van der Waals surface area (Å²) in [5, 5.41) is 0. The molecule has 6 heteroatoms. The van der Waals surface area contributed by atoms with Crippen molar-refractivity contribution in [3.63, 3.8) is 0 Å². The highest BCUT2D eigenvalue weighted by molar-refractivity contribution is 5.96. The summed E-state index contributed by atoms with van der Waals surface area (Å²) in [6, 6.07) is 22.0. The van der Waals surface area contributed by atoms with Crippen LogP contribution >= 0.6 is 0 Å². The molecule has 4 aromatic rings. The lowest BCUT2D eigenvalue weighted by atomic mass is 10.1. The first-order chi connectivity index (χ1) is 16.5. The Kier molecular flexibility index (Phi) is 5.97. The molecule has 3 aromatic carbocycles. The highest BCUT2D eigenvalue weighted by atomic mass is 16.5. The summed E-state index contributed by atoms with van der Waals surface area (Å²) in [5.41, 5.74) is 5.27. The van der Waals surface area contributed by atoms with Crippen molar-refractivity contribution in [1.82, 2.24) is 9.55 Å². The van der Waals surface area contributed by atoms with Crippen LogP contribution in [0.15, 0.2) is 66.7 Å². The maximum Gasteiger partial charge on any atom is 0.227 e. The Morgan fingerprint density at radius 2 is 1.71 bits per heavy atom. The van der Waals surface area contributed by atoms with Gasteiger partial charge < -0.3 is 18.9 Å². The zero-order valence-corrected chi connectivity index (χ0v) is 19.8. The first-order valence-electron chi connectivity index (χ1n) is 11.6. The van der Waals surface area contributed by atoms with E-state index in [4.69, 9.17) is 14.5 Å². The van der Waals surface area contributed by atoms with Crippen LogP contribution in [0.3, 0.4) is 0 Å². The van der Waals surface area contributed by atoms with Crippen LogP contribution in [-0.2, 0) is 11.3 Å². The van der Waals surface area contributed by atoms with E-state index in [1.807, 2.05) is 47.4 Å². The Hall–Kier alpha value is -3.80. The summed E-state index contributed by atoms with van der Waals surface area (Å²) in [7, 11) is 1.64. The zero-order valence-electron chi connectivity index (χ0n) is 19.8. The van der Waals surface area contributed by atoms with E-state index in [-0.39, 0.29) is 11.8 Å². The van der Waals surface area contributed by atoms with Gasteiger partial charge in [0.1, 0.15) is 23.9 Å². The first kappa shape index (κ1) is 22.0. The third kappa shape index (κ3) is 4.36. The predicted octanol–water partition coefficient (Wildman–Crippen LogP) is 5.26. The number of carbonyl (C=O) groups excluding carboxylic acids is 1. The van der Waals surface area contributed by atoms with Crippen LogP contribution in [0.4, 0.5) is 5.69 Å². The lowest BCUT2D eigenvalue weighted by molar-refractivity contribution is -0.117. The minimum Gasteiger partial charge on any atom is -0.497 e. The van der Waals surface area contributed by atoms with Gasteiger partial charge in [0.05, 0.1) is 24.7 Å². The molecule has 0 unspecified atom stereocenters. The van der Waals surface area contributed by atoms with Crippen LogP contribution in [0, 0.1) is 13.8 Å². The molecule has 34 heavy (non-hydrogen) atoms. The summed E-state index contributed by atoms with van der Waals surface area (Å²) in [6.07, 6.45) is 0.438. The Morgan fingerprint density at radius 1 is 0.971 bits per heavy atom. The molecule has 6 nitrogen and oxygen atoms in total. The van der Waals surface area contributed by atoms with E-state index in [1.54, 1.807) is 7.11 Å². The Morgan fingerprint density at radius 3 is 2.44 bits per heavy atom. The molecule has 0 bridgehead atoms. The summed E-state index contributed by atoms with van der Waals surface area (Å²) in [4.78, 5) is 19.7. The molecular formula is C28H29N3O3. The predicted molar refractivity (Wildman–Crippen MR) is 134 cm³/mol. The molecule has 0 saturated carbocycles. The molecular weight excluding hydrogens is 426 g/mol. The van der Waals surface area contributed by atoms with E-state index in [1.165, 1.54) is 11.1 Å². The summed E-state index contributed by atoms with van der Waals surface area (Å²) in [5.74, 6) is 2.72.